The van der Waals surface area contributed by atoms with Crippen LogP contribution in [-0.2, 0) is 9.53 Å². The molecular formula is C10H19NO2. The molecule has 0 fully saturated rings. The van der Waals surface area contributed by atoms with Crippen molar-refractivity contribution in [1.29, 1.82) is 0 Å². The lowest BCUT2D eigenvalue weighted by molar-refractivity contribution is -0.137. The molecule has 0 amide bonds. The third-order valence-electron chi connectivity index (χ3n) is 1.78. The van der Waals surface area contributed by atoms with E-state index < -0.39 is 0 Å². The van der Waals surface area contributed by atoms with E-state index in [1.54, 1.807) is 0 Å². The first-order valence-corrected chi connectivity index (χ1v) is 4.80. The van der Waals surface area contributed by atoms with E-state index in [1.165, 1.54) is 6.08 Å². The Labute approximate surface area is 79.9 Å². The second-order valence-corrected chi connectivity index (χ2v) is 2.88. The molecule has 0 unspecified atom stereocenters. The Morgan fingerprint density at radius 3 is 2.62 bits per heavy atom. The van der Waals surface area contributed by atoms with Crippen LogP contribution in [0.25, 0.3) is 0 Å². The molecule has 0 spiro atoms. The zero-order chi connectivity index (χ0) is 10.1. The molecule has 0 aromatic heterocycles. The molecule has 13 heavy (non-hydrogen) atoms. The molecule has 0 heterocycles. The largest absolute Gasteiger partial charge is 0.463 e. The monoisotopic (exact) mass is 185 g/mol. The fourth-order valence-corrected chi connectivity index (χ4v) is 0.831. The number of nitrogens with two attached hydrogens (primary N) is 1. The average Bonchev–Trinajstić information content (AvgIpc) is 2.14. The van der Waals surface area contributed by atoms with E-state index in [-0.39, 0.29) is 5.97 Å². The highest BCUT2D eigenvalue weighted by molar-refractivity contribution is 5.82. The molecule has 0 aliphatic heterocycles. The molecule has 0 saturated carbocycles. The molecule has 0 bridgehead atoms. The van der Waals surface area contributed by atoms with Gasteiger partial charge in [-0.2, -0.15) is 0 Å². The van der Waals surface area contributed by atoms with E-state index in [4.69, 9.17) is 10.5 Å². The van der Waals surface area contributed by atoms with E-state index in [0.717, 1.165) is 24.8 Å². The van der Waals surface area contributed by atoms with Gasteiger partial charge in [-0.1, -0.05) is 20.3 Å². The van der Waals surface area contributed by atoms with Crippen LogP contribution in [0.5, 0.6) is 0 Å². The number of carbonyl (C=O) groups is 1. The minimum absolute atomic E-state index is 0.268. The summed E-state index contributed by atoms with van der Waals surface area (Å²) in [6.07, 6.45) is 4.26. The highest BCUT2D eigenvalue weighted by atomic mass is 16.5. The molecule has 0 aromatic carbocycles. The van der Waals surface area contributed by atoms with Gasteiger partial charge in [0.25, 0.3) is 0 Å². The van der Waals surface area contributed by atoms with Crippen LogP contribution in [-0.4, -0.2) is 19.1 Å². The number of rotatable bonds is 6. The molecule has 3 nitrogen and oxygen atoms in total. The third-order valence-corrected chi connectivity index (χ3v) is 1.78. The lowest BCUT2D eigenvalue weighted by Gasteiger charge is -2.02. The number of ether oxygens (including phenoxy) is 1. The summed E-state index contributed by atoms with van der Waals surface area (Å²) in [5, 5.41) is 0. The first kappa shape index (κ1) is 12.2. The zero-order valence-corrected chi connectivity index (χ0v) is 8.51. The molecule has 76 valence electrons. The lowest BCUT2D eigenvalue weighted by atomic mass is 10.2. The molecule has 0 aromatic rings. The van der Waals surface area contributed by atoms with Crippen LogP contribution in [0.4, 0.5) is 0 Å². The van der Waals surface area contributed by atoms with Crippen LogP contribution in [0.1, 0.15) is 33.1 Å². The van der Waals surface area contributed by atoms with Gasteiger partial charge in [-0.15, -0.1) is 0 Å². The van der Waals surface area contributed by atoms with E-state index >= 15 is 0 Å². The molecule has 0 radical (unpaired) electrons. The van der Waals surface area contributed by atoms with Crippen molar-refractivity contribution in [3.05, 3.63) is 11.6 Å². The number of hydrogen-bond acceptors (Lipinski definition) is 3. The summed E-state index contributed by atoms with van der Waals surface area (Å²) in [6.45, 7) is 4.96. The quantitative estimate of drug-likeness (QED) is 0.388. The van der Waals surface area contributed by atoms with Crippen LogP contribution in [0.3, 0.4) is 0 Å². The Morgan fingerprint density at radius 2 is 2.15 bits per heavy atom. The predicted octanol–water partition coefficient (Wildman–Crippen LogP) is 1.62. The minimum Gasteiger partial charge on any atom is -0.463 e. The lowest BCUT2D eigenvalue weighted by Crippen LogP contribution is -2.08. The van der Waals surface area contributed by atoms with Crippen LogP contribution >= 0.6 is 0 Å². The Morgan fingerprint density at radius 1 is 1.46 bits per heavy atom. The van der Waals surface area contributed by atoms with Gasteiger partial charge in [0.1, 0.15) is 0 Å². The van der Waals surface area contributed by atoms with Crippen LogP contribution in [0.15, 0.2) is 11.6 Å². The number of unbranched alkanes of at least 4 members (excludes halogenated alkanes) is 1. The normalized spacial score (nSPS) is 11.5. The molecule has 0 atom stereocenters. The molecule has 0 rings (SSSR count). The maximum Gasteiger partial charge on any atom is 0.330 e. The van der Waals surface area contributed by atoms with Gasteiger partial charge < -0.3 is 10.5 Å². The molecule has 0 aliphatic carbocycles. The summed E-state index contributed by atoms with van der Waals surface area (Å²) in [5.41, 5.74) is 6.34. The molecule has 3 heteroatoms. The minimum atomic E-state index is -0.268. The Hall–Kier alpha value is -0.830. The van der Waals surface area contributed by atoms with Crippen LogP contribution in [0, 0.1) is 0 Å². The van der Waals surface area contributed by atoms with Crippen molar-refractivity contribution in [3.63, 3.8) is 0 Å². The highest BCUT2D eigenvalue weighted by Crippen LogP contribution is 1.98. The molecular weight excluding hydrogens is 166 g/mol. The summed E-state index contributed by atoms with van der Waals surface area (Å²) in [4.78, 5) is 11.1. The van der Waals surface area contributed by atoms with Crippen molar-refractivity contribution in [2.75, 3.05) is 13.2 Å². The fraction of sp³-hybridized carbons (Fsp3) is 0.700. The first-order chi connectivity index (χ1) is 6.24. The van der Waals surface area contributed by atoms with Crippen molar-refractivity contribution in [1.82, 2.24) is 0 Å². The van der Waals surface area contributed by atoms with Crippen molar-refractivity contribution in [2.24, 2.45) is 5.73 Å². The van der Waals surface area contributed by atoms with Gasteiger partial charge in [0, 0.05) is 12.6 Å². The molecule has 0 saturated heterocycles. The predicted molar refractivity (Wildman–Crippen MR) is 53.3 cm³/mol. The van der Waals surface area contributed by atoms with Crippen molar-refractivity contribution < 1.29 is 9.53 Å². The Balaban J connectivity index is 3.76. The molecule has 2 N–H and O–H groups in total. The van der Waals surface area contributed by atoms with Gasteiger partial charge in [0.05, 0.1) is 6.61 Å². The maximum atomic E-state index is 11.1. The van der Waals surface area contributed by atoms with Gasteiger partial charge in [-0.3, -0.25) is 0 Å². The fourth-order valence-electron chi connectivity index (χ4n) is 0.831. The summed E-state index contributed by atoms with van der Waals surface area (Å²) in [5.74, 6) is -0.268. The first-order valence-electron chi connectivity index (χ1n) is 4.80. The number of carbonyl (C=O) groups excluding carboxylic acids is 1. The Kier molecular flexibility index (Phi) is 7.30. The van der Waals surface area contributed by atoms with Gasteiger partial charge >= 0.3 is 5.97 Å². The number of hydrogen-bond donors (Lipinski definition) is 1. The summed E-state index contributed by atoms with van der Waals surface area (Å²) < 4.78 is 4.95. The van der Waals surface area contributed by atoms with E-state index in [1.807, 2.05) is 6.92 Å². The highest BCUT2D eigenvalue weighted by Gasteiger charge is 1.99. The second kappa shape index (κ2) is 7.80. The van der Waals surface area contributed by atoms with E-state index in [0.29, 0.717) is 13.2 Å². The van der Waals surface area contributed by atoms with Gasteiger partial charge in [-0.05, 0) is 18.4 Å². The van der Waals surface area contributed by atoms with Gasteiger partial charge in [0.15, 0.2) is 0 Å². The zero-order valence-electron chi connectivity index (χ0n) is 8.51. The smallest absolute Gasteiger partial charge is 0.330 e. The average molecular weight is 185 g/mol. The van der Waals surface area contributed by atoms with Crippen molar-refractivity contribution in [2.45, 2.75) is 33.1 Å². The van der Waals surface area contributed by atoms with Crippen LogP contribution < -0.4 is 5.73 Å². The maximum absolute atomic E-state index is 11.1. The summed E-state index contributed by atoms with van der Waals surface area (Å²) in [6, 6.07) is 0. The van der Waals surface area contributed by atoms with Gasteiger partial charge in [0.2, 0.25) is 0 Å². The summed E-state index contributed by atoms with van der Waals surface area (Å²) in [7, 11) is 0. The topological polar surface area (TPSA) is 52.3 Å². The van der Waals surface area contributed by atoms with Gasteiger partial charge in [-0.25, -0.2) is 4.79 Å². The standard InChI is InChI=1S/C10H19NO2/c1-3-5-6-13-10(12)7-9(4-2)8-11/h7H,3-6,8,11H2,1-2H3. The third kappa shape index (κ3) is 6.34. The van der Waals surface area contributed by atoms with Crippen molar-refractivity contribution in [3.8, 4) is 0 Å². The SMILES string of the molecule is CCCCOC(=O)C=C(CC)CN. The van der Waals surface area contributed by atoms with Crippen LogP contribution in [0.2, 0.25) is 0 Å². The van der Waals surface area contributed by atoms with E-state index in [9.17, 15) is 4.79 Å². The molecule has 0 aliphatic rings. The van der Waals surface area contributed by atoms with E-state index in [2.05, 4.69) is 6.92 Å². The second-order valence-electron chi connectivity index (χ2n) is 2.88. The Bertz CT molecular complexity index is 170. The summed E-state index contributed by atoms with van der Waals surface area (Å²) >= 11 is 0. The number of esters is 1. The van der Waals surface area contributed by atoms with Crippen molar-refractivity contribution >= 4 is 5.97 Å².